The highest BCUT2D eigenvalue weighted by atomic mass is 35.5. The molecule has 0 aliphatic heterocycles. The zero-order chi connectivity index (χ0) is 16.8. The number of thiocarbonyl (C=S) groups is 1. The van der Waals surface area contributed by atoms with Crippen LogP contribution < -0.4 is 16.0 Å². The third-order valence-corrected chi connectivity index (χ3v) is 3.05. The summed E-state index contributed by atoms with van der Waals surface area (Å²) < 4.78 is 5.11. The first-order valence-electron chi connectivity index (χ1n) is 6.64. The molecule has 1 aromatic carbocycles. The van der Waals surface area contributed by atoms with E-state index in [1.54, 1.807) is 39.0 Å². The maximum Gasteiger partial charge on any atom is 0.407 e. The van der Waals surface area contributed by atoms with E-state index in [0.717, 1.165) is 0 Å². The van der Waals surface area contributed by atoms with Crippen LogP contribution in [0.2, 0.25) is 10.0 Å². The van der Waals surface area contributed by atoms with E-state index in [4.69, 9.17) is 40.2 Å². The Morgan fingerprint density at radius 2 is 1.86 bits per heavy atom. The molecule has 8 heteroatoms. The minimum absolute atomic E-state index is 0.380. The quantitative estimate of drug-likeness (QED) is 0.560. The van der Waals surface area contributed by atoms with Gasteiger partial charge in [-0.05, 0) is 51.2 Å². The summed E-state index contributed by atoms with van der Waals surface area (Å²) in [7, 11) is 0. The Bertz CT molecular complexity index is 547. The molecule has 1 rings (SSSR count). The van der Waals surface area contributed by atoms with Crippen molar-refractivity contribution in [2.75, 3.05) is 18.4 Å². The zero-order valence-electron chi connectivity index (χ0n) is 12.6. The molecular weight excluding hydrogens is 345 g/mol. The molecule has 0 spiro atoms. The van der Waals surface area contributed by atoms with Crippen LogP contribution >= 0.6 is 35.4 Å². The van der Waals surface area contributed by atoms with Gasteiger partial charge >= 0.3 is 6.09 Å². The fourth-order valence-electron chi connectivity index (χ4n) is 1.41. The summed E-state index contributed by atoms with van der Waals surface area (Å²) in [5, 5.41) is 9.95. The summed E-state index contributed by atoms with van der Waals surface area (Å²) in [5.41, 5.74) is 0.142. The zero-order valence-corrected chi connectivity index (χ0v) is 15.0. The highest BCUT2D eigenvalue weighted by molar-refractivity contribution is 7.80. The number of hydrogen-bond acceptors (Lipinski definition) is 3. The van der Waals surface area contributed by atoms with Crippen molar-refractivity contribution in [3.63, 3.8) is 0 Å². The third-order valence-electron chi connectivity index (χ3n) is 2.26. The van der Waals surface area contributed by atoms with E-state index >= 15 is 0 Å². The molecule has 1 amide bonds. The summed E-state index contributed by atoms with van der Waals surface area (Å²) in [4.78, 5) is 11.4. The van der Waals surface area contributed by atoms with Gasteiger partial charge < -0.3 is 20.7 Å². The number of anilines is 1. The summed E-state index contributed by atoms with van der Waals surface area (Å²) in [6, 6.07) is 5.07. The van der Waals surface area contributed by atoms with Crippen molar-refractivity contribution in [1.82, 2.24) is 10.6 Å². The average molecular weight is 364 g/mol. The maximum absolute atomic E-state index is 11.4. The lowest BCUT2D eigenvalue weighted by Gasteiger charge is -2.19. The van der Waals surface area contributed by atoms with E-state index in [1.165, 1.54) is 0 Å². The number of halogens is 2. The fourth-order valence-corrected chi connectivity index (χ4v) is 2.08. The standard InChI is InChI=1S/C14H19Cl2N3O2S/c1-14(2,3)21-13(20)18-7-6-17-12(22)19-11-5-4-9(15)8-10(11)16/h4-5,8H,6-7H2,1-3H3,(H,18,20)(H2,17,19,22). The fraction of sp³-hybridized carbons (Fsp3) is 0.429. The molecule has 0 heterocycles. The minimum Gasteiger partial charge on any atom is -0.444 e. The molecule has 0 radical (unpaired) electrons. The molecule has 0 saturated carbocycles. The van der Waals surface area contributed by atoms with E-state index in [0.29, 0.717) is 33.9 Å². The second kappa shape index (κ2) is 8.41. The molecule has 22 heavy (non-hydrogen) atoms. The molecule has 0 saturated heterocycles. The van der Waals surface area contributed by atoms with E-state index in [2.05, 4.69) is 16.0 Å². The predicted molar refractivity (Wildman–Crippen MR) is 94.9 cm³/mol. The Morgan fingerprint density at radius 1 is 1.23 bits per heavy atom. The van der Waals surface area contributed by atoms with E-state index in [1.807, 2.05) is 0 Å². The SMILES string of the molecule is CC(C)(C)OC(=O)NCCNC(=S)Nc1ccc(Cl)cc1Cl. The van der Waals surface area contributed by atoms with Gasteiger partial charge in [0.05, 0.1) is 10.7 Å². The number of ether oxygens (including phenoxy) is 1. The molecule has 0 bridgehead atoms. The van der Waals surface area contributed by atoms with E-state index in [9.17, 15) is 4.79 Å². The predicted octanol–water partition coefficient (Wildman–Crippen LogP) is 3.80. The lowest BCUT2D eigenvalue weighted by molar-refractivity contribution is 0.0529. The van der Waals surface area contributed by atoms with Gasteiger partial charge in [0.1, 0.15) is 5.60 Å². The van der Waals surface area contributed by atoms with Crippen LogP contribution in [0, 0.1) is 0 Å². The molecule has 0 atom stereocenters. The molecule has 0 fully saturated rings. The lowest BCUT2D eigenvalue weighted by Crippen LogP contribution is -2.39. The molecule has 0 aromatic heterocycles. The van der Waals surface area contributed by atoms with Crippen molar-refractivity contribution in [2.24, 2.45) is 0 Å². The van der Waals surface area contributed by atoms with Crippen molar-refractivity contribution in [1.29, 1.82) is 0 Å². The summed E-state index contributed by atoms with van der Waals surface area (Å²) in [5.74, 6) is 0. The van der Waals surface area contributed by atoms with Crippen molar-refractivity contribution in [2.45, 2.75) is 26.4 Å². The number of alkyl carbamates (subject to hydrolysis) is 1. The second-order valence-corrected chi connectivity index (χ2v) is 6.69. The Labute approximate surface area is 145 Å². The number of carbonyl (C=O) groups excluding carboxylic acids is 1. The highest BCUT2D eigenvalue weighted by Crippen LogP contribution is 2.25. The molecule has 0 unspecified atom stereocenters. The van der Waals surface area contributed by atoms with Gasteiger partial charge in [-0.2, -0.15) is 0 Å². The summed E-state index contributed by atoms with van der Waals surface area (Å²) in [6.07, 6.45) is -0.464. The normalized spacial score (nSPS) is 10.8. The number of carbonyl (C=O) groups is 1. The highest BCUT2D eigenvalue weighted by Gasteiger charge is 2.15. The lowest BCUT2D eigenvalue weighted by atomic mass is 10.2. The topological polar surface area (TPSA) is 62.4 Å². The molecule has 0 aliphatic rings. The number of nitrogens with one attached hydrogen (secondary N) is 3. The van der Waals surface area contributed by atoms with E-state index < -0.39 is 11.7 Å². The van der Waals surface area contributed by atoms with Crippen LogP contribution in [0.4, 0.5) is 10.5 Å². The summed E-state index contributed by atoms with van der Waals surface area (Å²) in [6.45, 7) is 6.25. The van der Waals surface area contributed by atoms with Crippen molar-refractivity contribution >= 4 is 52.3 Å². The first kappa shape index (κ1) is 18.8. The average Bonchev–Trinajstić information content (AvgIpc) is 2.36. The van der Waals surface area contributed by atoms with Gasteiger partial charge in [0.15, 0.2) is 5.11 Å². The van der Waals surface area contributed by atoms with Crippen molar-refractivity contribution in [3.8, 4) is 0 Å². The first-order valence-corrected chi connectivity index (χ1v) is 7.80. The monoisotopic (exact) mass is 363 g/mol. The Morgan fingerprint density at radius 3 is 2.45 bits per heavy atom. The van der Waals surface area contributed by atoms with Crippen LogP contribution in [0.5, 0.6) is 0 Å². The number of benzene rings is 1. The van der Waals surface area contributed by atoms with Crippen LogP contribution in [-0.2, 0) is 4.74 Å². The molecule has 5 nitrogen and oxygen atoms in total. The molecular formula is C14H19Cl2N3O2S. The van der Waals surface area contributed by atoms with E-state index in [-0.39, 0.29) is 0 Å². The molecule has 1 aromatic rings. The van der Waals surface area contributed by atoms with Gasteiger partial charge in [-0.3, -0.25) is 0 Å². The molecule has 122 valence electrons. The Hall–Kier alpha value is -1.24. The minimum atomic E-state index is -0.514. The first-order chi connectivity index (χ1) is 10.2. The van der Waals surface area contributed by atoms with Gasteiger partial charge in [0.2, 0.25) is 0 Å². The molecule has 0 aliphatic carbocycles. The van der Waals surface area contributed by atoms with Gasteiger partial charge in [-0.25, -0.2) is 4.79 Å². The van der Waals surface area contributed by atoms with Gasteiger partial charge in [-0.1, -0.05) is 23.2 Å². The Kier molecular flexibility index (Phi) is 7.19. The number of hydrogen-bond donors (Lipinski definition) is 3. The van der Waals surface area contributed by atoms with Gasteiger partial charge in [0.25, 0.3) is 0 Å². The largest absolute Gasteiger partial charge is 0.444 e. The smallest absolute Gasteiger partial charge is 0.407 e. The van der Waals surface area contributed by atoms with Crippen molar-refractivity contribution in [3.05, 3.63) is 28.2 Å². The summed E-state index contributed by atoms with van der Waals surface area (Å²) >= 11 is 17.0. The van der Waals surface area contributed by atoms with Crippen molar-refractivity contribution < 1.29 is 9.53 Å². The number of rotatable bonds is 4. The van der Waals surface area contributed by atoms with Crippen LogP contribution in [0.1, 0.15) is 20.8 Å². The Balaban J connectivity index is 2.28. The van der Waals surface area contributed by atoms with Crippen LogP contribution in [0.25, 0.3) is 0 Å². The number of amides is 1. The second-order valence-electron chi connectivity index (χ2n) is 5.43. The third kappa shape index (κ3) is 7.68. The van der Waals surface area contributed by atoms with Gasteiger partial charge in [-0.15, -0.1) is 0 Å². The van der Waals surface area contributed by atoms with Gasteiger partial charge in [0, 0.05) is 18.1 Å². The maximum atomic E-state index is 11.4. The van der Waals surface area contributed by atoms with Crippen LogP contribution in [0.15, 0.2) is 18.2 Å². The molecule has 3 N–H and O–H groups in total. The van der Waals surface area contributed by atoms with Crippen LogP contribution in [-0.4, -0.2) is 29.9 Å². The van der Waals surface area contributed by atoms with Crippen LogP contribution in [0.3, 0.4) is 0 Å².